The Morgan fingerprint density at radius 1 is 0.277 bits per heavy atom. The minimum Gasteiger partial charge on any atom is -0.619 e. The van der Waals surface area contributed by atoms with Crippen LogP contribution in [-0.4, -0.2) is 210 Å². The van der Waals surface area contributed by atoms with Crippen molar-refractivity contribution in [1.29, 1.82) is 0 Å². The van der Waals surface area contributed by atoms with E-state index in [1.54, 1.807) is 0 Å². The average molecular weight is 2320 g/mol. The molecule has 0 bridgehead atoms. The van der Waals surface area contributed by atoms with Crippen LogP contribution in [0.3, 0.4) is 0 Å². The largest absolute Gasteiger partial charge is 0.619 e. The molecule has 610 valence electrons. The van der Waals surface area contributed by atoms with E-state index in [4.69, 9.17) is 27.6 Å². The summed E-state index contributed by atoms with van der Waals surface area (Å²) in [6, 6.07) is 0. The maximum Gasteiger partial charge on any atom is 0.333 e. The maximum absolute atomic E-state index is 12.2. The Morgan fingerprint density at radius 3 is 0.812 bits per heavy atom. The molecule has 0 amide bonds. The van der Waals surface area contributed by atoms with Gasteiger partial charge in [-0.3, -0.25) is 9.13 Å². The summed E-state index contributed by atoms with van der Waals surface area (Å²) in [5.74, 6) is 0. The molecule has 22 nitrogen and oxygen atoms in total. The van der Waals surface area contributed by atoms with Gasteiger partial charge < -0.3 is 94.8 Å². The molecule has 10 fully saturated rings. The average Bonchev–Trinajstić information content (AvgIpc) is 1.79. The van der Waals surface area contributed by atoms with Gasteiger partial charge in [-0.1, -0.05) is 186 Å². The van der Waals surface area contributed by atoms with Crippen molar-refractivity contribution in [3.63, 3.8) is 0 Å². The van der Waals surface area contributed by atoms with Gasteiger partial charge in [-0.25, -0.2) is 0 Å². The first-order valence-corrected chi connectivity index (χ1v) is 56.2. The van der Waals surface area contributed by atoms with Crippen LogP contribution in [0.1, 0.15) is 209 Å². The molecule has 0 aliphatic carbocycles. The zero-order chi connectivity index (χ0) is 74.0. The van der Waals surface area contributed by atoms with Crippen LogP contribution in [0.15, 0.2) is 0 Å². The van der Waals surface area contributed by atoms with E-state index in [2.05, 4.69) is 86.1 Å². The van der Waals surface area contributed by atoms with E-state index in [0.717, 1.165) is 107 Å². The normalized spacial score (nSPS) is 26.0. The Labute approximate surface area is 671 Å². The van der Waals surface area contributed by atoms with E-state index < -0.39 is 72.9 Å². The van der Waals surface area contributed by atoms with Crippen molar-refractivity contribution in [2.45, 2.75) is 266 Å². The fourth-order valence-corrected chi connectivity index (χ4v) is 30.8. The third-order valence-corrected chi connectivity index (χ3v) is 51.9. The summed E-state index contributed by atoms with van der Waals surface area (Å²) in [4.78, 5) is 4.52. The molecular weight excluding hydrogens is 2180 g/mol. The smallest absolute Gasteiger partial charge is 0.333 e. The van der Waals surface area contributed by atoms with E-state index in [1.165, 1.54) is 57.8 Å². The van der Waals surface area contributed by atoms with Gasteiger partial charge in [0.05, 0.1) is 99.6 Å². The summed E-state index contributed by atoms with van der Waals surface area (Å²) in [6.45, 7) is 47.5. The first-order valence-electron chi connectivity index (χ1n) is 36.7. The topological polar surface area (TPSA) is 304 Å². The number of nitrogens with zero attached hydrogens (tertiary/aromatic N) is 4. The number of nitrogens with one attached hydrogen (secondary N) is 1. The molecule has 10 aliphatic heterocycles. The van der Waals surface area contributed by atoms with Gasteiger partial charge in [-0.05, 0) is 56.3 Å². The maximum atomic E-state index is 12.2. The first-order chi connectivity index (χ1) is 45.0. The van der Waals surface area contributed by atoms with Crippen LogP contribution < -0.4 is 5.32 Å². The Kier molecular flexibility index (Phi) is 61.9. The van der Waals surface area contributed by atoms with Crippen LogP contribution in [0.4, 0.5) is 0 Å². The molecule has 36 heteroatoms. The second-order valence-corrected chi connectivity index (χ2v) is 63.2. The second kappa shape index (κ2) is 55.9. The van der Waals surface area contributed by atoms with Crippen LogP contribution in [0.2, 0.25) is 0 Å². The molecule has 10 rings (SSSR count). The Morgan fingerprint density at radius 2 is 0.574 bits per heavy atom. The number of hydrogen-bond acceptors (Lipinski definition) is 18. The van der Waals surface area contributed by atoms with Crippen LogP contribution in [0.5, 0.6) is 0 Å². The fraction of sp³-hybridized carbons (Fsp3) is 1.00. The van der Waals surface area contributed by atoms with E-state index in [1.807, 2.05) is 83.1 Å². The van der Waals surface area contributed by atoms with E-state index in [9.17, 15) is 45.7 Å². The molecule has 10 aliphatic rings. The zero-order valence-electron chi connectivity index (χ0n) is 65.7. The standard InChI is InChI=1S/C9H19OP.C8H17OP.C7H16NOP.C7H15O2P.C7H15OP.C6H13N2OP.C6H13O3P.C6H13O2P.C5H11O3P.C4H9N2O2P.4Re/c1-9(2)11(10)7-5-3-4-6-8-11;1-8(2)10(9)6-4-3-5-7-10;1-7(2)10(9)5-3-8-4-6-10;1-7(2)10(8)5-3-9-4-6-10;1-7(2)9(8)5-3-4-6-9;1-6(2)10(9)7-4-3-5-8-10;1-6(2)10(7)8-4-3-5-9-10;1-6(2)9(7)4-3-8-5-9;1-5(2)9(6)7-3-4-8-9;1-4(2)9(7)5-3-8-6-9;;;;/h9H,3-8H2,1-2H3;8H,3-7H2,1-2H3;7-8H,3-6H2,1-2H3;7H,3-6H2,1-2H3;7H,3-6H2,1-2H3;2*6H,3-5H2,1-2H3;6H,3-5H2,1-2H3;5H,3-4H2,1-2H3;4H,3H2,1-2H3;;;;/q;;;;;-2;;;;-2;;;;. The SMILES string of the molecule is CC(C)P1(=O)CCCC1.CC(C)P1(=O)CCCCC1.CC(C)P1(=O)CCCCCC1.CC(C)P1(=O)CCNCC1.CC(C)P1(=O)CCOC1.CC(C)P1(=O)CCOCC1.CC(C)P1(=O)OCCCO1.CC(C)P1(=O)OCCO1.CC(C)P1(=O)[N-]CCC[N-]1.CC(C)P1(=O)[N-]CO[N-]1.[Re].[Re].[Re].[Re]. The first kappa shape index (κ1) is 112. The minimum atomic E-state index is -2.69. The molecule has 0 aromatic carbocycles. The van der Waals surface area contributed by atoms with Crippen LogP contribution in [0, 0.1) is 0 Å². The van der Waals surface area contributed by atoms with Crippen LogP contribution in [-0.2, 0) is 160 Å². The Hall–Kier alpha value is 4.47. The van der Waals surface area contributed by atoms with Gasteiger partial charge in [0.2, 0.25) is 0 Å². The molecule has 0 spiro atoms. The van der Waals surface area contributed by atoms with Gasteiger partial charge in [0, 0.05) is 197 Å². The number of ether oxygens (including phenoxy) is 2. The molecule has 101 heavy (non-hydrogen) atoms. The predicted molar refractivity (Wildman–Crippen MR) is 419 cm³/mol. The van der Waals surface area contributed by atoms with E-state index >= 15 is 0 Å². The third kappa shape index (κ3) is 42.1. The summed E-state index contributed by atoms with van der Waals surface area (Å²) in [7, 11) is -20.9. The molecule has 2 unspecified atom stereocenters. The molecule has 0 aromatic rings. The summed E-state index contributed by atoms with van der Waals surface area (Å²) < 4.78 is 147. The molecule has 10 heterocycles. The van der Waals surface area contributed by atoms with E-state index in [0.29, 0.717) is 86.6 Å². The summed E-state index contributed by atoms with van der Waals surface area (Å²) in [5.41, 5.74) is 2.47. The molecule has 0 aromatic heterocycles. The van der Waals surface area contributed by atoms with Gasteiger partial charge in [0.25, 0.3) is 0 Å². The second-order valence-electron chi connectivity index (χ2n) is 29.7. The van der Waals surface area contributed by atoms with Gasteiger partial charge in [0.1, 0.15) is 7.14 Å². The van der Waals surface area contributed by atoms with E-state index in [-0.39, 0.29) is 111 Å². The van der Waals surface area contributed by atoms with Crippen molar-refractivity contribution in [3.05, 3.63) is 20.5 Å². The predicted octanol–water partition coefficient (Wildman–Crippen LogP) is 22.3. The molecular formula is C65H141N5O17P10Re4-4. The summed E-state index contributed by atoms with van der Waals surface area (Å²) >= 11 is 0. The Balaban J connectivity index is -0.000000516. The van der Waals surface area contributed by atoms with Gasteiger partial charge >= 0.3 is 15.2 Å². The van der Waals surface area contributed by atoms with Crippen molar-refractivity contribution in [1.82, 2.24) is 5.32 Å². The third-order valence-electron chi connectivity index (χ3n) is 19.3. The molecule has 2 atom stereocenters. The molecule has 1 N–H and O–H groups in total. The van der Waals surface area contributed by atoms with Crippen LogP contribution in [0.25, 0.3) is 20.5 Å². The van der Waals surface area contributed by atoms with Gasteiger partial charge in [-0.15, -0.1) is 13.1 Å². The molecule has 10 saturated heterocycles. The van der Waals surface area contributed by atoms with Crippen molar-refractivity contribution >= 4 is 72.9 Å². The summed E-state index contributed by atoms with van der Waals surface area (Å²) in [5, 5.41) is 18.5. The van der Waals surface area contributed by atoms with Crippen molar-refractivity contribution in [2.24, 2.45) is 0 Å². The van der Waals surface area contributed by atoms with Crippen molar-refractivity contribution in [3.8, 4) is 0 Å². The monoisotopic (exact) mass is 2320 g/mol. The van der Waals surface area contributed by atoms with Crippen molar-refractivity contribution in [2.75, 3.05) is 153 Å². The van der Waals surface area contributed by atoms with Crippen molar-refractivity contribution < 1.29 is 160 Å². The fourth-order valence-electron chi connectivity index (χ4n) is 10.9. The van der Waals surface area contributed by atoms with Gasteiger partial charge in [0.15, 0.2) is 0 Å². The number of hydrogen-bond donors (Lipinski definition) is 1. The quantitative estimate of drug-likeness (QED) is 0.199. The zero-order valence-corrected chi connectivity index (χ0v) is 85.5. The number of rotatable bonds is 10. The molecule has 0 saturated carbocycles. The Bertz CT molecular complexity index is 2280. The summed E-state index contributed by atoms with van der Waals surface area (Å²) in [6.07, 6.45) is 23.8. The molecule has 4 radical (unpaired) electrons. The van der Waals surface area contributed by atoms with Gasteiger partial charge in [-0.2, -0.15) is 0 Å². The van der Waals surface area contributed by atoms with Crippen LogP contribution >= 0.6 is 72.9 Å². The minimum absolute atomic E-state index is 0.